The number of ether oxygens (including phenoxy) is 1. The Morgan fingerprint density at radius 2 is 2.03 bits per heavy atom. The van der Waals surface area contributed by atoms with E-state index in [-0.39, 0.29) is 5.56 Å². The second-order valence-electron chi connectivity index (χ2n) is 7.30. The standard InChI is InChI=1S/C24H24N4O3S/c1-28-11-9-15-5-7-20(31-2)17(23(15)28)8-10-25-22-13-19(26-14-27-22)16-4-6-18(24(29)30)21(12-16)32-3/h4-7,9,11-14H,8,10H2,1-3H3,(H,29,30)(H,25,26,27). The third-order valence-electron chi connectivity index (χ3n) is 5.40. The van der Waals surface area contributed by atoms with Gasteiger partial charge >= 0.3 is 5.97 Å². The molecule has 32 heavy (non-hydrogen) atoms. The predicted octanol–water partition coefficient (Wildman–Crippen LogP) is 4.72. The zero-order valence-corrected chi connectivity index (χ0v) is 18.9. The molecule has 0 aliphatic carbocycles. The summed E-state index contributed by atoms with van der Waals surface area (Å²) in [5, 5.41) is 13.9. The van der Waals surface area contributed by atoms with Crippen molar-refractivity contribution >= 4 is 34.5 Å². The first-order chi connectivity index (χ1) is 15.5. The zero-order valence-electron chi connectivity index (χ0n) is 18.1. The molecule has 8 heteroatoms. The molecule has 0 amide bonds. The summed E-state index contributed by atoms with van der Waals surface area (Å²) < 4.78 is 7.71. The van der Waals surface area contributed by atoms with Gasteiger partial charge in [0, 0.05) is 47.3 Å². The van der Waals surface area contributed by atoms with Gasteiger partial charge in [-0.15, -0.1) is 11.8 Å². The van der Waals surface area contributed by atoms with E-state index in [1.165, 1.54) is 23.5 Å². The number of hydrogen-bond donors (Lipinski definition) is 2. The number of aromatic nitrogens is 3. The van der Waals surface area contributed by atoms with Crippen molar-refractivity contribution in [3.05, 3.63) is 66.1 Å². The Hall–Kier alpha value is -3.52. The first-order valence-corrected chi connectivity index (χ1v) is 11.3. The Labute approximate surface area is 190 Å². The largest absolute Gasteiger partial charge is 0.496 e. The number of carbonyl (C=O) groups is 1. The lowest BCUT2D eigenvalue weighted by molar-refractivity contribution is 0.0693. The van der Waals surface area contributed by atoms with E-state index < -0.39 is 5.97 Å². The fourth-order valence-electron chi connectivity index (χ4n) is 3.84. The number of fused-ring (bicyclic) bond motifs is 1. The van der Waals surface area contributed by atoms with Crippen LogP contribution in [-0.2, 0) is 13.5 Å². The molecule has 4 rings (SSSR count). The fourth-order valence-corrected chi connectivity index (χ4v) is 4.46. The van der Waals surface area contributed by atoms with Crippen LogP contribution in [0.2, 0.25) is 0 Å². The van der Waals surface area contributed by atoms with E-state index in [1.807, 2.05) is 31.5 Å². The number of nitrogens with zero attached hydrogens (tertiary/aromatic N) is 3. The van der Waals surface area contributed by atoms with Gasteiger partial charge in [0.1, 0.15) is 17.9 Å². The highest BCUT2D eigenvalue weighted by Gasteiger charge is 2.13. The average molecular weight is 449 g/mol. The highest BCUT2D eigenvalue weighted by atomic mass is 32.2. The van der Waals surface area contributed by atoms with Gasteiger partial charge in [0.25, 0.3) is 0 Å². The van der Waals surface area contributed by atoms with E-state index in [2.05, 4.69) is 38.2 Å². The van der Waals surface area contributed by atoms with Crippen molar-refractivity contribution in [2.75, 3.05) is 25.2 Å². The topological polar surface area (TPSA) is 89.3 Å². The molecule has 2 aromatic carbocycles. The Kier molecular flexibility index (Phi) is 6.32. The van der Waals surface area contributed by atoms with E-state index in [1.54, 1.807) is 19.2 Å². The number of anilines is 1. The summed E-state index contributed by atoms with van der Waals surface area (Å²) in [6.07, 6.45) is 6.19. The molecule has 0 spiro atoms. The first kappa shape index (κ1) is 21.7. The van der Waals surface area contributed by atoms with Crippen molar-refractivity contribution in [1.82, 2.24) is 14.5 Å². The Morgan fingerprint density at radius 1 is 1.19 bits per heavy atom. The quantitative estimate of drug-likeness (QED) is 0.377. The minimum atomic E-state index is -0.936. The highest BCUT2D eigenvalue weighted by molar-refractivity contribution is 7.98. The maximum absolute atomic E-state index is 11.4. The minimum absolute atomic E-state index is 0.289. The van der Waals surface area contributed by atoms with Crippen molar-refractivity contribution in [3.63, 3.8) is 0 Å². The molecular formula is C24H24N4O3S. The van der Waals surface area contributed by atoms with Crippen LogP contribution >= 0.6 is 11.8 Å². The number of aryl methyl sites for hydroxylation is 1. The first-order valence-electron chi connectivity index (χ1n) is 10.1. The van der Waals surface area contributed by atoms with Crippen LogP contribution < -0.4 is 10.1 Å². The van der Waals surface area contributed by atoms with Crippen LogP contribution in [0.1, 0.15) is 15.9 Å². The van der Waals surface area contributed by atoms with Gasteiger partial charge in [-0.3, -0.25) is 0 Å². The predicted molar refractivity (Wildman–Crippen MR) is 128 cm³/mol. The van der Waals surface area contributed by atoms with Gasteiger partial charge in [0.05, 0.1) is 23.9 Å². The molecule has 4 aromatic rings. The third-order valence-corrected chi connectivity index (χ3v) is 6.17. The van der Waals surface area contributed by atoms with E-state index in [4.69, 9.17) is 4.74 Å². The smallest absolute Gasteiger partial charge is 0.336 e. The number of carboxylic acids is 1. The third kappa shape index (κ3) is 4.27. The van der Waals surface area contributed by atoms with Crippen LogP contribution in [0.25, 0.3) is 22.2 Å². The zero-order chi connectivity index (χ0) is 22.7. The van der Waals surface area contributed by atoms with Gasteiger partial charge in [-0.1, -0.05) is 6.07 Å². The van der Waals surface area contributed by atoms with Gasteiger partial charge < -0.3 is 19.7 Å². The minimum Gasteiger partial charge on any atom is -0.496 e. The molecule has 0 bridgehead atoms. The highest BCUT2D eigenvalue weighted by Crippen LogP contribution is 2.30. The number of rotatable bonds is 8. The molecule has 2 aromatic heterocycles. The lowest BCUT2D eigenvalue weighted by Gasteiger charge is -2.13. The van der Waals surface area contributed by atoms with Crippen molar-refractivity contribution < 1.29 is 14.6 Å². The summed E-state index contributed by atoms with van der Waals surface area (Å²) in [5.41, 5.74) is 4.18. The molecule has 164 valence electrons. The number of methoxy groups -OCH3 is 1. The maximum Gasteiger partial charge on any atom is 0.336 e. The molecule has 2 heterocycles. The summed E-state index contributed by atoms with van der Waals surface area (Å²) >= 11 is 1.40. The number of hydrogen-bond acceptors (Lipinski definition) is 6. The van der Waals surface area contributed by atoms with Gasteiger partial charge in [-0.25, -0.2) is 14.8 Å². The van der Waals surface area contributed by atoms with Gasteiger partial charge in [-0.2, -0.15) is 0 Å². The van der Waals surface area contributed by atoms with E-state index >= 15 is 0 Å². The molecule has 0 aliphatic heterocycles. The molecular weight excluding hydrogens is 424 g/mol. The molecule has 0 saturated carbocycles. The maximum atomic E-state index is 11.4. The molecule has 2 N–H and O–H groups in total. The number of nitrogens with one attached hydrogen (secondary N) is 1. The Bertz CT molecular complexity index is 1290. The van der Waals surface area contributed by atoms with Gasteiger partial charge in [0.2, 0.25) is 0 Å². The Morgan fingerprint density at radius 3 is 2.78 bits per heavy atom. The fraction of sp³-hybridized carbons (Fsp3) is 0.208. The summed E-state index contributed by atoms with van der Waals surface area (Å²) in [5.74, 6) is 0.642. The lowest BCUT2D eigenvalue weighted by atomic mass is 10.1. The number of carboxylic acid groups (broad SMARTS) is 1. The van der Waals surface area contributed by atoms with Gasteiger partial charge in [0.15, 0.2) is 0 Å². The number of aromatic carboxylic acids is 1. The summed E-state index contributed by atoms with van der Waals surface area (Å²) in [6, 6.07) is 13.3. The van der Waals surface area contributed by atoms with E-state index in [0.29, 0.717) is 17.3 Å². The molecule has 0 unspecified atom stereocenters. The van der Waals surface area contributed by atoms with Crippen LogP contribution in [0.15, 0.2) is 59.9 Å². The van der Waals surface area contributed by atoms with Crippen molar-refractivity contribution in [2.45, 2.75) is 11.3 Å². The van der Waals surface area contributed by atoms with E-state index in [9.17, 15) is 9.90 Å². The average Bonchev–Trinajstić information content (AvgIpc) is 3.19. The van der Waals surface area contributed by atoms with Crippen molar-refractivity contribution in [3.8, 4) is 17.0 Å². The molecule has 0 aliphatic rings. The monoisotopic (exact) mass is 448 g/mol. The molecule has 0 atom stereocenters. The van der Waals surface area contributed by atoms with Crippen LogP contribution in [0.3, 0.4) is 0 Å². The molecule has 7 nitrogen and oxygen atoms in total. The van der Waals surface area contributed by atoms with Crippen molar-refractivity contribution in [1.29, 1.82) is 0 Å². The van der Waals surface area contributed by atoms with E-state index in [0.717, 1.165) is 34.5 Å². The summed E-state index contributed by atoms with van der Waals surface area (Å²) in [7, 11) is 3.73. The Balaban J connectivity index is 1.53. The second kappa shape index (κ2) is 9.32. The van der Waals surface area contributed by atoms with Crippen molar-refractivity contribution in [2.24, 2.45) is 7.05 Å². The number of thioether (sulfide) groups is 1. The summed E-state index contributed by atoms with van der Waals surface area (Å²) in [6.45, 7) is 0.672. The normalized spacial score (nSPS) is 11.0. The molecule has 0 radical (unpaired) electrons. The SMILES string of the molecule is COc1ccc2ccn(C)c2c1CCNc1cc(-c2ccc(C(=O)O)c(SC)c2)ncn1. The van der Waals surface area contributed by atoms with Crippen LogP contribution in [0.5, 0.6) is 5.75 Å². The molecule has 0 fully saturated rings. The molecule has 0 saturated heterocycles. The second-order valence-corrected chi connectivity index (χ2v) is 8.14. The van der Waals surface area contributed by atoms with Crippen LogP contribution in [0, 0.1) is 0 Å². The number of benzene rings is 2. The van der Waals surface area contributed by atoms with Crippen LogP contribution in [0.4, 0.5) is 5.82 Å². The van der Waals surface area contributed by atoms with Crippen LogP contribution in [-0.4, -0.2) is 45.5 Å². The van der Waals surface area contributed by atoms with Gasteiger partial charge in [-0.05, 0) is 43.0 Å². The lowest BCUT2D eigenvalue weighted by Crippen LogP contribution is -2.09. The summed E-state index contributed by atoms with van der Waals surface area (Å²) in [4.78, 5) is 20.8.